The molecule has 2 aromatic rings. The average molecular weight is 249 g/mol. The van der Waals surface area contributed by atoms with Crippen LogP contribution in [0.1, 0.15) is 5.56 Å². The van der Waals surface area contributed by atoms with Crippen LogP contribution in [-0.4, -0.2) is 40.3 Å². The van der Waals surface area contributed by atoms with Crippen LogP contribution in [0.2, 0.25) is 0 Å². The number of fused-ring (bicyclic) bond motifs is 1. The first-order valence-electron chi connectivity index (χ1n) is 5.58. The largest absolute Gasteiger partial charge is 0.370 e. The molecule has 96 valence electrons. The van der Waals surface area contributed by atoms with E-state index in [1.54, 1.807) is 4.52 Å². The number of nitrogens with two attached hydrogens (primary N) is 1. The fourth-order valence-electron chi connectivity index (χ4n) is 1.47. The van der Waals surface area contributed by atoms with Gasteiger partial charge in [-0.3, -0.25) is 4.79 Å². The third kappa shape index (κ3) is 3.17. The molecule has 0 aromatic carbocycles. The van der Waals surface area contributed by atoms with Gasteiger partial charge < -0.3 is 15.8 Å². The third-order valence-corrected chi connectivity index (χ3v) is 2.27. The highest BCUT2D eigenvalue weighted by molar-refractivity contribution is 5.74. The minimum Gasteiger partial charge on any atom is -0.370 e. The molecule has 0 atom stereocenters. The van der Waals surface area contributed by atoms with E-state index in [0.717, 1.165) is 11.2 Å². The summed E-state index contributed by atoms with van der Waals surface area (Å²) < 4.78 is 6.70. The lowest BCUT2D eigenvalue weighted by Gasteiger charge is -2.01. The lowest BCUT2D eigenvalue weighted by Crippen LogP contribution is -2.20. The number of aromatic nitrogens is 3. The average Bonchev–Trinajstić information content (AvgIpc) is 2.70. The van der Waals surface area contributed by atoms with Gasteiger partial charge in [0.1, 0.15) is 6.61 Å². The lowest BCUT2D eigenvalue weighted by atomic mass is 10.3. The smallest absolute Gasteiger partial charge is 0.243 e. The number of amides is 1. The van der Waals surface area contributed by atoms with Gasteiger partial charge in [0.15, 0.2) is 5.65 Å². The summed E-state index contributed by atoms with van der Waals surface area (Å²) in [6.07, 6.45) is 1.85. The van der Waals surface area contributed by atoms with E-state index >= 15 is 0 Å². The minimum atomic E-state index is -0.476. The monoisotopic (exact) mass is 249 g/mol. The summed E-state index contributed by atoms with van der Waals surface area (Å²) in [4.78, 5) is 14.7. The van der Waals surface area contributed by atoms with E-state index in [9.17, 15) is 4.79 Å². The van der Waals surface area contributed by atoms with E-state index in [4.69, 9.17) is 10.5 Å². The quantitative estimate of drug-likeness (QED) is 0.700. The molecule has 1 amide bonds. The molecule has 7 heteroatoms. The first kappa shape index (κ1) is 12.3. The van der Waals surface area contributed by atoms with Gasteiger partial charge in [0.05, 0.1) is 6.61 Å². The predicted octanol–water partition coefficient (Wildman–Crippen LogP) is -0.0485. The Morgan fingerprint density at radius 1 is 1.61 bits per heavy atom. The molecule has 0 saturated carbocycles. The molecule has 0 fully saturated rings. The Balaban J connectivity index is 1.86. The molecule has 2 aromatic heterocycles. The number of hydrogen-bond donors (Lipinski definition) is 2. The molecule has 2 heterocycles. The van der Waals surface area contributed by atoms with E-state index in [-0.39, 0.29) is 6.61 Å². The SMILES string of the molecule is Cc1ccn2nc(NCCOCC(N)=O)nc2c1. The van der Waals surface area contributed by atoms with Crippen LogP contribution in [0.25, 0.3) is 5.65 Å². The number of hydrogen-bond acceptors (Lipinski definition) is 5. The van der Waals surface area contributed by atoms with E-state index in [0.29, 0.717) is 19.1 Å². The molecule has 7 nitrogen and oxygen atoms in total. The molecule has 0 aliphatic heterocycles. The molecule has 0 unspecified atom stereocenters. The number of carbonyl (C=O) groups is 1. The van der Waals surface area contributed by atoms with Gasteiger partial charge in [-0.1, -0.05) is 0 Å². The van der Waals surface area contributed by atoms with E-state index < -0.39 is 5.91 Å². The van der Waals surface area contributed by atoms with Crippen molar-refractivity contribution in [3.63, 3.8) is 0 Å². The summed E-state index contributed by atoms with van der Waals surface area (Å²) in [6.45, 7) is 2.82. The third-order valence-electron chi connectivity index (χ3n) is 2.27. The van der Waals surface area contributed by atoms with Crippen molar-refractivity contribution < 1.29 is 9.53 Å². The summed E-state index contributed by atoms with van der Waals surface area (Å²) in [5.41, 5.74) is 6.86. The van der Waals surface area contributed by atoms with Crippen molar-refractivity contribution in [3.05, 3.63) is 23.9 Å². The van der Waals surface area contributed by atoms with Crippen molar-refractivity contribution in [1.29, 1.82) is 0 Å². The van der Waals surface area contributed by atoms with Crippen molar-refractivity contribution in [2.45, 2.75) is 6.92 Å². The lowest BCUT2D eigenvalue weighted by molar-refractivity contribution is -0.122. The molecule has 0 spiro atoms. The van der Waals surface area contributed by atoms with Gasteiger partial charge in [0, 0.05) is 12.7 Å². The van der Waals surface area contributed by atoms with Crippen LogP contribution in [0, 0.1) is 6.92 Å². The van der Waals surface area contributed by atoms with Gasteiger partial charge in [0.25, 0.3) is 0 Å². The van der Waals surface area contributed by atoms with E-state index in [2.05, 4.69) is 15.4 Å². The second kappa shape index (κ2) is 5.46. The van der Waals surface area contributed by atoms with Crippen LogP contribution in [0.3, 0.4) is 0 Å². The summed E-state index contributed by atoms with van der Waals surface area (Å²) in [6, 6.07) is 3.91. The van der Waals surface area contributed by atoms with Crippen molar-refractivity contribution in [3.8, 4) is 0 Å². The summed E-state index contributed by atoms with van der Waals surface area (Å²) in [7, 11) is 0. The zero-order valence-corrected chi connectivity index (χ0v) is 10.1. The highest BCUT2D eigenvalue weighted by atomic mass is 16.5. The highest BCUT2D eigenvalue weighted by Gasteiger charge is 2.02. The maximum absolute atomic E-state index is 10.4. The second-order valence-corrected chi connectivity index (χ2v) is 3.89. The standard InChI is InChI=1S/C11H15N5O2/c1-8-2-4-16-10(6-8)14-11(15-16)13-3-5-18-7-9(12)17/h2,4,6H,3,5,7H2,1H3,(H2,12,17)(H,13,15). The molecule has 0 radical (unpaired) electrons. The minimum absolute atomic E-state index is 0.0700. The number of aryl methyl sites for hydroxylation is 1. The molecular weight excluding hydrogens is 234 g/mol. The number of nitrogens with zero attached hydrogens (tertiary/aromatic N) is 3. The topological polar surface area (TPSA) is 94.5 Å². The van der Waals surface area contributed by atoms with Crippen LogP contribution < -0.4 is 11.1 Å². The van der Waals surface area contributed by atoms with Gasteiger partial charge in [-0.25, -0.2) is 4.52 Å². The fraction of sp³-hybridized carbons (Fsp3) is 0.364. The number of rotatable bonds is 6. The van der Waals surface area contributed by atoms with Crippen molar-refractivity contribution >= 4 is 17.5 Å². The number of ether oxygens (including phenoxy) is 1. The Morgan fingerprint density at radius 3 is 3.22 bits per heavy atom. The summed E-state index contributed by atoms with van der Waals surface area (Å²) >= 11 is 0. The molecule has 2 rings (SSSR count). The first-order chi connectivity index (χ1) is 8.65. The van der Waals surface area contributed by atoms with Crippen molar-refractivity contribution in [2.75, 3.05) is 25.1 Å². The van der Waals surface area contributed by atoms with Crippen LogP contribution in [0.15, 0.2) is 18.3 Å². The maximum Gasteiger partial charge on any atom is 0.243 e. The number of carbonyl (C=O) groups excluding carboxylic acids is 1. The molecule has 0 aliphatic rings. The summed E-state index contributed by atoms with van der Waals surface area (Å²) in [5, 5.41) is 7.24. The normalized spacial score (nSPS) is 10.7. The number of nitrogens with one attached hydrogen (secondary N) is 1. The summed E-state index contributed by atoms with van der Waals surface area (Å²) in [5.74, 6) is 0.0552. The first-order valence-corrected chi connectivity index (χ1v) is 5.58. The number of anilines is 1. The Bertz CT molecular complexity index is 551. The zero-order chi connectivity index (χ0) is 13.0. The predicted molar refractivity (Wildman–Crippen MR) is 66.2 cm³/mol. The van der Waals surface area contributed by atoms with Crippen molar-refractivity contribution in [2.24, 2.45) is 5.73 Å². The zero-order valence-electron chi connectivity index (χ0n) is 10.1. The Kier molecular flexibility index (Phi) is 3.73. The molecule has 3 N–H and O–H groups in total. The molecule has 0 aliphatic carbocycles. The van der Waals surface area contributed by atoms with Gasteiger partial charge in [0.2, 0.25) is 11.9 Å². The fourth-order valence-corrected chi connectivity index (χ4v) is 1.47. The molecule has 0 bridgehead atoms. The Morgan fingerprint density at radius 2 is 2.44 bits per heavy atom. The maximum atomic E-state index is 10.4. The number of pyridine rings is 1. The molecule has 18 heavy (non-hydrogen) atoms. The number of primary amides is 1. The van der Waals surface area contributed by atoms with Crippen LogP contribution in [0.4, 0.5) is 5.95 Å². The van der Waals surface area contributed by atoms with Gasteiger partial charge in [-0.15, -0.1) is 5.10 Å². The molecular formula is C11H15N5O2. The Labute approximate surface area is 104 Å². The Hall–Kier alpha value is -2.15. The second-order valence-electron chi connectivity index (χ2n) is 3.89. The van der Waals surface area contributed by atoms with E-state index in [1.807, 2.05) is 25.3 Å². The van der Waals surface area contributed by atoms with Gasteiger partial charge in [-0.2, -0.15) is 4.98 Å². The van der Waals surface area contributed by atoms with Crippen LogP contribution in [-0.2, 0) is 9.53 Å². The van der Waals surface area contributed by atoms with Gasteiger partial charge in [-0.05, 0) is 24.6 Å². The van der Waals surface area contributed by atoms with Gasteiger partial charge >= 0.3 is 0 Å². The van der Waals surface area contributed by atoms with E-state index in [1.165, 1.54) is 0 Å². The van der Waals surface area contributed by atoms with Crippen molar-refractivity contribution in [1.82, 2.24) is 14.6 Å². The van der Waals surface area contributed by atoms with Crippen LogP contribution >= 0.6 is 0 Å². The molecule has 0 saturated heterocycles. The highest BCUT2D eigenvalue weighted by Crippen LogP contribution is 2.06. The van der Waals surface area contributed by atoms with Crippen LogP contribution in [0.5, 0.6) is 0 Å².